The number of amides is 1. The molecular weight excluding hydrogens is 362 g/mol. The lowest BCUT2D eigenvalue weighted by Gasteiger charge is -2.34. The molecule has 0 saturated carbocycles. The van der Waals surface area contributed by atoms with Crippen LogP contribution in [0.3, 0.4) is 0 Å². The number of anilines is 3. The molecule has 3 rings (SSSR count). The number of carbonyl (C=O) groups excluding carboxylic acids is 1. The van der Waals surface area contributed by atoms with Crippen LogP contribution in [-0.2, 0) is 4.79 Å². The number of likely N-dealkylation sites (N-methyl/N-ethyl adjacent to an activating group) is 1. The van der Waals surface area contributed by atoms with Gasteiger partial charge in [-0.15, -0.1) is 0 Å². The van der Waals surface area contributed by atoms with Gasteiger partial charge in [0.2, 0.25) is 0 Å². The Balaban J connectivity index is 1.62. The molecule has 150 valence electrons. The molecule has 0 aliphatic carbocycles. The van der Waals surface area contributed by atoms with Gasteiger partial charge < -0.3 is 20.4 Å². The summed E-state index contributed by atoms with van der Waals surface area (Å²) in [4.78, 5) is 17.1. The maximum absolute atomic E-state index is 12.4. The van der Waals surface area contributed by atoms with Gasteiger partial charge >= 0.3 is 0 Å². The lowest BCUT2D eigenvalue weighted by Crippen LogP contribution is -2.44. The fraction of sp³-hybridized carbons (Fsp3) is 0.304. The van der Waals surface area contributed by atoms with E-state index in [1.807, 2.05) is 50.2 Å². The van der Waals surface area contributed by atoms with Crippen molar-refractivity contribution in [3.8, 4) is 6.07 Å². The Bertz CT molecular complexity index is 935. The van der Waals surface area contributed by atoms with E-state index in [9.17, 15) is 10.1 Å². The Kier molecular flexibility index (Phi) is 6.53. The predicted molar refractivity (Wildman–Crippen MR) is 118 cm³/mol. The first-order valence-electron chi connectivity index (χ1n) is 9.75. The average Bonchev–Trinajstić information content (AvgIpc) is 2.72. The third kappa shape index (κ3) is 5.37. The standard InChI is InChI=1S/C23H27N5O/c1-17-4-9-22(18(2)14-17)26-23(29)19(15-24)16-25-20-5-7-21(8-6-20)28-12-10-27(3)11-13-28/h4-9,14,16,25H,10-13H2,1-3H3,(H,26,29)/b19-16-. The van der Waals surface area contributed by atoms with Crippen LogP contribution in [-0.4, -0.2) is 44.0 Å². The van der Waals surface area contributed by atoms with Gasteiger partial charge in [-0.3, -0.25) is 4.79 Å². The summed E-state index contributed by atoms with van der Waals surface area (Å²) >= 11 is 0. The van der Waals surface area contributed by atoms with Gasteiger partial charge in [-0.25, -0.2) is 0 Å². The summed E-state index contributed by atoms with van der Waals surface area (Å²) in [5, 5.41) is 15.2. The van der Waals surface area contributed by atoms with E-state index < -0.39 is 5.91 Å². The zero-order valence-electron chi connectivity index (χ0n) is 17.2. The quantitative estimate of drug-likeness (QED) is 0.605. The van der Waals surface area contributed by atoms with Crippen LogP contribution >= 0.6 is 0 Å². The minimum atomic E-state index is -0.430. The molecule has 0 unspecified atom stereocenters. The van der Waals surface area contributed by atoms with Gasteiger partial charge in [0.1, 0.15) is 11.6 Å². The number of nitriles is 1. The zero-order valence-corrected chi connectivity index (χ0v) is 17.2. The summed E-state index contributed by atoms with van der Waals surface area (Å²) in [5.74, 6) is -0.430. The molecule has 2 aromatic rings. The summed E-state index contributed by atoms with van der Waals surface area (Å²) in [6.07, 6.45) is 1.45. The van der Waals surface area contributed by atoms with Crippen LogP contribution in [0.4, 0.5) is 17.1 Å². The minimum absolute atomic E-state index is 0.0214. The second-order valence-electron chi connectivity index (χ2n) is 7.42. The third-order valence-electron chi connectivity index (χ3n) is 5.11. The normalized spacial score (nSPS) is 15.0. The number of rotatable bonds is 5. The first-order chi connectivity index (χ1) is 14.0. The molecule has 1 aliphatic rings. The van der Waals surface area contributed by atoms with Gasteiger partial charge in [-0.05, 0) is 56.8 Å². The molecule has 29 heavy (non-hydrogen) atoms. The van der Waals surface area contributed by atoms with E-state index in [0.29, 0.717) is 5.69 Å². The van der Waals surface area contributed by atoms with Crippen LogP contribution < -0.4 is 15.5 Å². The molecule has 6 nitrogen and oxygen atoms in total. The van der Waals surface area contributed by atoms with Crippen molar-refractivity contribution in [2.45, 2.75) is 13.8 Å². The summed E-state index contributed by atoms with van der Waals surface area (Å²) in [7, 11) is 2.14. The largest absolute Gasteiger partial charge is 0.369 e. The molecule has 1 saturated heterocycles. The Morgan fingerprint density at radius 1 is 1.07 bits per heavy atom. The number of aryl methyl sites for hydroxylation is 2. The Morgan fingerprint density at radius 2 is 1.76 bits per heavy atom. The SMILES string of the molecule is Cc1ccc(NC(=O)/C(C#N)=C\Nc2ccc(N3CCN(C)CC3)cc2)c(C)c1. The van der Waals surface area contributed by atoms with Crippen molar-refractivity contribution >= 4 is 23.0 Å². The van der Waals surface area contributed by atoms with Crippen molar-refractivity contribution < 1.29 is 4.79 Å². The molecular formula is C23H27N5O. The molecule has 0 atom stereocenters. The van der Waals surface area contributed by atoms with E-state index in [-0.39, 0.29) is 5.57 Å². The Morgan fingerprint density at radius 3 is 2.38 bits per heavy atom. The van der Waals surface area contributed by atoms with Crippen LogP contribution in [0.1, 0.15) is 11.1 Å². The fourth-order valence-electron chi connectivity index (χ4n) is 3.28. The topological polar surface area (TPSA) is 71.4 Å². The summed E-state index contributed by atoms with van der Waals surface area (Å²) in [6.45, 7) is 8.07. The van der Waals surface area contributed by atoms with Crippen LogP contribution in [0.25, 0.3) is 0 Å². The van der Waals surface area contributed by atoms with Gasteiger partial charge in [0, 0.05) is 49.4 Å². The number of hydrogen-bond donors (Lipinski definition) is 2. The van der Waals surface area contributed by atoms with Crippen molar-refractivity contribution in [1.82, 2.24) is 4.90 Å². The maximum atomic E-state index is 12.4. The van der Waals surface area contributed by atoms with E-state index in [2.05, 4.69) is 39.6 Å². The van der Waals surface area contributed by atoms with Gasteiger partial charge in [-0.1, -0.05) is 17.7 Å². The first-order valence-corrected chi connectivity index (χ1v) is 9.75. The highest BCUT2D eigenvalue weighted by Gasteiger charge is 2.14. The lowest BCUT2D eigenvalue weighted by molar-refractivity contribution is -0.112. The third-order valence-corrected chi connectivity index (χ3v) is 5.11. The molecule has 0 aromatic heterocycles. The zero-order chi connectivity index (χ0) is 20.8. The molecule has 1 aliphatic heterocycles. The van der Waals surface area contributed by atoms with Gasteiger partial charge in [0.05, 0.1) is 0 Å². The van der Waals surface area contributed by atoms with Crippen LogP contribution in [0.5, 0.6) is 0 Å². The highest BCUT2D eigenvalue weighted by Crippen LogP contribution is 2.20. The molecule has 0 spiro atoms. The monoisotopic (exact) mass is 389 g/mol. The first kappa shape index (κ1) is 20.4. The molecule has 1 amide bonds. The van der Waals surface area contributed by atoms with E-state index >= 15 is 0 Å². The van der Waals surface area contributed by atoms with E-state index in [0.717, 1.165) is 43.0 Å². The molecule has 0 bridgehead atoms. The lowest BCUT2D eigenvalue weighted by atomic mass is 10.1. The van der Waals surface area contributed by atoms with Gasteiger partial charge in [0.25, 0.3) is 5.91 Å². The van der Waals surface area contributed by atoms with Crippen molar-refractivity contribution in [1.29, 1.82) is 5.26 Å². The molecule has 1 heterocycles. The highest BCUT2D eigenvalue weighted by molar-refractivity contribution is 6.07. The second-order valence-corrected chi connectivity index (χ2v) is 7.42. The van der Waals surface area contributed by atoms with Gasteiger partial charge in [-0.2, -0.15) is 5.26 Å². The summed E-state index contributed by atoms with van der Waals surface area (Å²) < 4.78 is 0. The fourth-order valence-corrected chi connectivity index (χ4v) is 3.28. The molecule has 2 aromatic carbocycles. The van der Waals surface area contributed by atoms with Crippen LogP contribution in [0.15, 0.2) is 54.2 Å². The number of carbonyl (C=O) groups is 1. The average molecular weight is 390 g/mol. The molecule has 1 fully saturated rings. The number of hydrogen-bond acceptors (Lipinski definition) is 5. The number of nitrogens with one attached hydrogen (secondary N) is 2. The Hall–Kier alpha value is -3.30. The van der Waals surface area contributed by atoms with E-state index in [4.69, 9.17) is 0 Å². The second kappa shape index (κ2) is 9.26. The van der Waals surface area contributed by atoms with Crippen LogP contribution in [0, 0.1) is 25.2 Å². The molecule has 2 N–H and O–H groups in total. The van der Waals surface area contributed by atoms with Crippen LogP contribution in [0.2, 0.25) is 0 Å². The predicted octanol–water partition coefficient (Wildman–Crippen LogP) is 3.51. The van der Waals surface area contributed by atoms with Crippen molar-refractivity contribution in [3.63, 3.8) is 0 Å². The summed E-state index contributed by atoms with van der Waals surface area (Å²) in [6, 6.07) is 15.8. The molecule has 0 radical (unpaired) electrons. The highest BCUT2D eigenvalue weighted by atomic mass is 16.1. The smallest absolute Gasteiger partial charge is 0.267 e. The van der Waals surface area contributed by atoms with Gasteiger partial charge in [0.15, 0.2) is 0 Å². The number of benzene rings is 2. The number of piperazine rings is 1. The van der Waals surface area contributed by atoms with E-state index in [1.54, 1.807) is 0 Å². The minimum Gasteiger partial charge on any atom is -0.369 e. The van der Waals surface area contributed by atoms with E-state index in [1.165, 1.54) is 11.9 Å². The number of nitrogens with zero attached hydrogens (tertiary/aromatic N) is 3. The van der Waals surface area contributed by atoms with Crippen molar-refractivity contribution in [2.75, 3.05) is 48.8 Å². The van der Waals surface area contributed by atoms with Crippen molar-refractivity contribution in [3.05, 3.63) is 65.4 Å². The maximum Gasteiger partial charge on any atom is 0.267 e. The van der Waals surface area contributed by atoms with Crippen molar-refractivity contribution in [2.24, 2.45) is 0 Å². The summed E-state index contributed by atoms with van der Waals surface area (Å²) in [5.41, 5.74) is 4.82. The Labute approximate surface area is 172 Å². The molecule has 6 heteroatoms.